The molecule has 0 aliphatic heterocycles. The van der Waals surface area contributed by atoms with Gasteiger partial charge in [0.2, 0.25) is 11.7 Å². The van der Waals surface area contributed by atoms with Crippen LogP contribution in [0.5, 0.6) is 0 Å². The van der Waals surface area contributed by atoms with Crippen LogP contribution in [0.3, 0.4) is 0 Å². The van der Waals surface area contributed by atoms with Gasteiger partial charge in [-0.2, -0.15) is 0 Å². The summed E-state index contributed by atoms with van der Waals surface area (Å²) in [5.41, 5.74) is 1.62. The van der Waals surface area contributed by atoms with E-state index in [1.807, 2.05) is 12.1 Å². The first-order chi connectivity index (χ1) is 18.2. The van der Waals surface area contributed by atoms with Gasteiger partial charge in [0.05, 0.1) is 12.3 Å². The Hall–Kier alpha value is -3.53. The van der Waals surface area contributed by atoms with Crippen molar-refractivity contribution in [2.24, 2.45) is 10.3 Å². The molecule has 38 heavy (non-hydrogen) atoms. The van der Waals surface area contributed by atoms with Crippen LogP contribution in [0, 0.1) is 5.92 Å². The molecule has 1 amide bonds. The quantitative estimate of drug-likeness (QED) is 0.224. The maximum atomic E-state index is 13.6. The Balaban J connectivity index is 1.58. The molecule has 9 nitrogen and oxygen atoms in total. The number of oxazole rings is 1. The van der Waals surface area contributed by atoms with Gasteiger partial charge in [-0.15, -0.1) is 4.40 Å². The monoisotopic (exact) mass is 538 g/mol. The molecule has 0 saturated heterocycles. The molecule has 0 spiro atoms. The average Bonchev–Trinajstić information content (AvgIpc) is 3.35. The Morgan fingerprint density at radius 2 is 1.68 bits per heavy atom. The third-order valence-corrected chi connectivity index (χ3v) is 7.29. The number of hydrogen-bond acceptors (Lipinski definition) is 6. The van der Waals surface area contributed by atoms with Gasteiger partial charge in [0.1, 0.15) is 17.4 Å². The number of aromatic nitrogens is 1. The molecule has 4 rings (SSSR count). The van der Waals surface area contributed by atoms with E-state index in [9.17, 15) is 18.0 Å². The number of ketones is 1. The highest BCUT2D eigenvalue weighted by Crippen LogP contribution is 2.28. The first-order valence-electron chi connectivity index (χ1n) is 13.1. The zero-order chi connectivity index (χ0) is 27.1. The predicted octanol–water partition coefficient (Wildman–Crippen LogP) is 4.24. The molecule has 1 aliphatic carbocycles. The number of nitrogens with zero attached hydrogens (tertiary/aromatic N) is 2. The molecule has 1 unspecified atom stereocenters. The summed E-state index contributed by atoms with van der Waals surface area (Å²) in [5, 5.41) is 5.98. The average molecular weight is 539 g/mol. The predicted molar refractivity (Wildman–Crippen MR) is 146 cm³/mol. The van der Waals surface area contributed by atoms with Gasteiger partial charge in [-0.25, -0.2) is 13.4 Å². The lowest BCUT2D eigenvalue weighted by Crippen LogP contribution is -2.52. The number of rotatable bonds is 10. The number of carbonyl (C=O) groups is 2. The Kier molecular flexibility index (Phi) is 8.93. The smallest absolute Gasteiger partial charge is 0.266 e. The Bertz CT molecular complexity index is 1360. The van der Waals surface area contributed by atoms with E-state index in [1.54, 1.807) is 49.4 Å². The summed E-state index contributed by atoms with van der Waals surface area (Å²) in [4.78, 5) is 31.2. The topological polar surface area (TPSA) is 131 Å². The second-order valence-electron chi connectivity index (χ2n) is 9.80. The van der Waals surface area contributed by atoms with Crippen LogP contribution in [0.25, 0.3) is 11.1 Å². The van der Waals surface area contributed by atoms with E-state index in [1.165, 1.54) is 6.42 Å². The van der Waals surface area contributed by atoms with Crippen molar-refractivity contribution in [3.63, 3.8) is 0 Å². The second-order valence-corrected chi connectivity index (χ2v) is 11.4. The number of amides is 1. The van der Waals surface area contributed by atoms with Crippen molar-refractivity contribution >= 4 is 38.6 Å². The fourth-order valence-electron chi connectivity index (χ4n) is 4.83. The third kappa shape index (κ3) is 7.28. The SMILES string of the molecule is CCC(NC(=O)[C@H](CC1CCCCC1)NC(=NS(C)(=O)=O)c1ccccc1)C(=O)c1nc2ccccc2o1. The van der Waals surface area contributed by atoms with Crippen LogP contribution in [0.4, 0.5) is 0 Å². The lowest BCUT2D eigenvalue weighted by atomic mass is 9.84. The number of fused-ring (bicyclic) bond motifs is 1. The first kappa shape index (κ1) is 27.5. The molecule has 2 aromatic carbocycles. The van der Waals surface area contributed by atoms with E-state index in [4.69, 9.17) is 4.42 Å². The number of hydrogen-bond donors (Lipinski definition) is 2. The van der Waals surface area contributed by atoms with Gasteiger partial charge >= 0.3 is 0 Å². The number of amidine groups is 1. The summed E-state index contributed by atoms with van der Waals surface area (Å²) in [5.74, 6) is -0.471. The number of carbonyl (C=O) groups excluding carboxylic acids is 2. The fourth-order valence-corrected chi connectivity index (χ4v) is 5.32. The molecule has 1 fully saturated rings. The molecule has 1 saturated carbocycles. The van der Waals surface area contributed by atoms with Crippen LogP contribution in [0.2, 0.25) is 0 Å². The number of Topliss-reactive ketones (excluding diaryl/α,β-unsaturated/α-hetero) is 1. The van der Waals surface area contributed by atoms with Crippen molar-refractivity contribution in [3.05, 3.63) is 66.1 Å². The summed E-state index contributed by atoms with van der Waals surface area (Å²) >= 11 is 0. The van der Waals surface area contributed by atoms with E-state index >= 15 is 0 Å². The summed E-state index contributed by atoms with van der Waals surface area (Å²) < 4.78 is 33.8. The standard InChI is InChI=1S/C28H34N4O5S/c1-3-21(25(33)28-31-22-16-10-11-17-24(22)37-28)30-27(34)23(18-19-12-6-4-7-13-19)29-26(32-38(2,35)36)20-14-8-5-9-15-20/h5,8-11,14-17,19,21,23H,3-4,6-7,12-13,18H2,1-2H3,(H,29,32)(H,30,34)/t21?,23-/m0/s1. The van der Waals surface area contributed by atoms with Gasteiger partial charge in [0, 0.05) is 5.56 Å². The molecule has 2 N–H and O–H groups in total. The van der Waals surface area contributed by atoms with Gasteiger partial charge in [0.25, 0.3) is 15.9 Å². The number of sulfonamides is 1. The molecule has 10 heteroatoms. The van der Waals surface area contributed by atoms with E-state index in [0.717, 1.165) is 31.9 Å². The summed E-state index contributed by atoms with van der Waals surface area (Å²) in [7, 11) is -3.75. The van der Waals surface area contributed by atoms with Crippen molar-refractivity contribution in [3.8, 4) is 0 Å². The fraction of sp³-hybridized carbons (Fsp3) is 0.429. The Labute approximate surface area is 223 Å². The highest BCUT2D eigenvalue weighted by Gasteiger charge is 2.31. The molecule has 2 atom stereocenters. The van der Waals surface area contributed by atoms with E-state index in [0.29, 0.717) is 35.4 Å². The van der Waals surface area contributed by atoms with Crippen LogP contribution in [0.15, 0.2) is 63.4 Å². The van der Waals surface area contributed by atoms with Crippen LogP contribution < -0.4 is 10.6 Å². The largest absolute Gasteiger partial charge is 0.434 e. The molecule has 1 aliphatic rings. The minimum atomic E-state index is -3.75. The van der Waals surface area contributed by atoms with Crippen molar-refractivity contribution in [2.45, 2.75) is 64.0 Å². The molecule has 1 heterocycles. The zero-order valence-corrected chi connectivity index (χ0v) is 22.5. The summed E-state index contributed by atoms with van der Waals surface area (Å²) in [6, 6.07) is 14.3. The summed E-state index contributed by atoms with van der Waals surface area (Å²) in [6.07, 6.45) is 7.19. The first-order valence-corrected chi connectivity index (χ1v) is 14.9. The Morgan fingerprint density at radius 3 is 2.34 bits per heavy atom. The molecule has 202 valence electrons. The van der Waals surface area contributed by atoms with Crippen LogP contribution in [-0.2, 0) is 14.8 Å². The molecular formula is C28H34N4O5S. The molecule has 3 aromatic rings. The van der Waals surface area contributed by atoms with Crippen LogP contribution in [0.1, 0.15) is 68.1 Å². The van der Waals surface area contributed by atoms with Crippen molar-refractivity contribution in [1.82, 2.24) is 15.6 Å². The van der Waals surface area contributed by atoms with Crippen LogP contribution in [-0.4, -0.2) is 49.3 Å². The minimum Gasteiger partial charge on any atom is -0.434 e. The van der Waals surface area contributed by atoms with Gasteiger partial charge in [-0.05, 0) is 30.9 Å². The lowest BCUT2D eigenvalue weighted by Gasteiger charge is -2.28. The van der Waals surface area contributed by atoms with Crippen molar-refractivity contribution in [2.75, 3.05) is 6.26 Å². The molecular weight excluding hydrogens is 504 g/mol. The second kappa shape index (κ2) is 12.3. The van der Waals surface area contributed by atoms with E-state index in [2.05, 4.69) is 20.0 Å². The number of nitrogens with one attached hydrogen (secondary N) is 2. The van der Waals surface area contributed by atoms with E-state index < -0.39 is 33.8 Å². The molecule has 0 radical (unpaired) electrons. The maximum absolute atomic E-state index is 13.6. The third-order valence-electron chi connectivity index (χ3n) is 6.77. The highest BCUT2D eigenvalue weighted by molar-refractivity contribution is 7.89. The van der Waals surface area contributed by atoms with E-state index in [-0.39, 0.29) is 11.7 Å². The maximum Gasteiger partial charge on any atom is 0.266 e. The van der Waals surface area contributed by atoms with Crippen LogP contribution >= 0.6 is 0 Å². The van der Waals surface area contributed by atoms with Gasteiger partial charge in [-0.3, -0.25) is 9.59 Å². The number of para-hydroxylation sites is 2. The van der Waals surface area contributed by atoms with Crippen molar-refractivity contribution < 1.29 is 22.4 Å². The normalized spacial score (nSPS) is 16.6. The van der Waals surface area contributed by atoms with Gasteiger partial charge in [-0.1, -0.05) is 81.5 Å². The summed E-state index contributed by atoms with van der Waals surface area (Å²) in [6.45, 7) is 1.80. The lowest BCUT2D eigenvalue weighted by molar-refractivity contribution is -0.123. The van der Waals surface area contributed by atoms with Gasteiger partial charge < -0.3 is 15.1 Å². The molecule has 0 bridgehead atoms. The zero-order valence-electron chi connectivity index (χ0n) is 21.7. The number of benzene rings is 2. The minimum absolute atomic E-state index is 0.0567. The van der Waals surface area contributed by atoms with Gasteiger partial charge in [0.15, 0.2) is 5.58 Å². The highest BCUT2D eigenvalue weighted by atomic mass is 32.2. The molecule has 1 aromatic heterocycles. The van der Waals surface area contributed by atoms with Crippen molar-refractivity contribution in [1.29, 1.82) is 0 Å². The Morgan fingerprint density at radius 1 is 1.00 bits per heavy atom.